The topological polar surface area (TPSA) is 9.72 Å². The molecule has 1 saturated carbocycles. The number of nitrogens with zero attached hydrogens (tertiary/aromatic N) is 3. The van der Waals surface area contributed by atoms with Gasteiger partial charge in [-0.15, -0.1) is 0 Å². The largest absolute Gasteiger partial charge is 0.334 e. The van der Waals surface area contributed by atoms with E-state index in [4.69, 9.17) is 0 Å². The molecule has 3 aliphatic heterocycles. The van der Waals surface area contributed by atoms with Gasteiger partial charge in [0.2, 0.25) is 0 Å². The smallest absolute Gasteiger partial charge is 0.252 e. The Hall–Kier alpha value is -5.78. The summed E-state index contributed by atoms with van der Waals surface area (Å²) in [6.07, 6.45) is 9.27. The zero-order valence-electron chi connectivity index (χ0n) is 48.7. The van der Waals surface area contributed by atoms with Crippen molar-refractivity contribution in [2.75, 3.05) is 14.7 Å². The van der Waals surface area contributed by atoms with Crippen LogP contribution in [0.3, 0.4) is 0 Å². The second-order valence-electron chi connectivity index (χ2n) is 29.7. The lowest BCUT2D eigenvalue weighted by molar-refractivity contribution is 0.195. The van der Waals surface area contributed by atoms with Gasteiger partial charge in [0.15, 0.2) is 0 Å². The highest BCUT2D eigenvalue weighted by Crippen LogP contribution is 2.62. The second-order valence-corrected chi connectivity index (χ2v) is 34.7. The lowest BCUT2D eigenvalue weighted by atomic mass is 9.33. The quantitative estimate of drug-likeness (QED) is 0.159. The van der Waals surface area contributed by atoms with Gasteiger partial charge in [0.25, 0.3) is 6.71 Å². The van der Waals surface area contributed by atoms with Crippen molar-refractivity contribution >= 4 is 81.9 Å². The van der Waals surface area contributed by atoms with E-state index >= 15 is 0 Å². The molecule has 3 nitrogen and oxygen atoms in total. The van der Waals surface area contributed by atoms with Crippen LogP contribution in [-0.4, -0.2) is 20.3 Å². The van der Waals surface area contributed by atoms with Gasteiger partial charge in [-0.2, -0.15) is 0 Å². The summed E-state index contributed by atoms with van der Waals surface area (Å²) in [5.41, 5.74) is 27.8. The van der Waals surface area contributed by atoms with Crippen molar-refractivity contribution in [1.29, 1.82) is 0 Å². The number of hydrogen-bond donors (Lipinski definition) is 0. The minimum absolute atomic E-state index is 0.00272. The molecule has 6 aliphatic rings. The molecule has 5 heteroatoms. The molecule has 2 atom stereocenters. The second kappa shape index (κ2) is 16.4. The van der Waals surface area contributed by atoms with Crippen molar-refractivity contribution in [2.45, 2.75) is 176 Å². The van der Waals surface area contributed by atoms with Crippen molar-refractivity contribution in [3.63, 3.8) is 0 Å². The number of fused-ring (bicyclic) bond motifs is 9. The van der Waals surface area contributed by atoms with Crippen molar-refractivity contribution in [3.05, 3.63) is 166 Å². The highest BCUT2D eigenvalue weighted by molar-refractivity contribution is 7.00. The summed E-state index contributed by atoms with van der Waals surface area (Å²) >= 11 is 0. The fraction of sp³-hybridized carbons (Fsp3) is 0.408. The fourth-order valence-electron chi connectivity index (χ4n) is 15.5. The van der Waals surface area contributed by atoms with Crippen LogP contribution in [0.1, 0.15) is 148 Å². The first-order valence-corrected chi connectivity index (χ1v) is 32.6. The molecule has 7 aromatic carbocycles. The monoisotopic (exact) mass is 1020 g/mol. The van der Waals surface area contributed by atoms with Crippen LogP contribution in [0, 0.1) is 10.8 Å². The van der Waals surface area contributed by atoms with E-state index in [1.807, 2.05) is 0 Å². The van der Waals surface area contributed by atoms with Crippen LogP contribution in [0.25, 0.3) is 11.1 Å². The molecule has 0 saturated heterocycles. The number of rotatable bonds is 5. The summed E-state index contributed by atoms with van der Waals surface area (Å²) < 4.78 is 0. The van der Waals surface area contributed by atoms with Crippen LogP contribution in [0.4, 0.5) is 45.5 Å². The average molecular weight is 1020 g/mol. The van der Waals surface area contributed by atoms with Gasteiger partial charge in [-0.25, -0.2) is 0 Å². The maximum absolute atomic E-state index is 2.88. The fourth-order valence-corrected chi connectivity index (χ4v) is 16.7. The molecule has 3 heterocycles. The summed E-state index contributed by atoms with van der Waals surface area (Å²) in [5, 5.41) is 1.56. The molecular formula is C71H82BN3Si. The summed E-state index contributed by atoms with van der Waals surface area (Å²) in [5.74, 6) is 0. The van der Waals surface area contributed by atoms with Gasteiger partial charge in [-0.1, -0.05) is 187 Å². The molecule has 7 aromatic rings. The molecule has 388 valence electrons. The SMILES string of the molecule is CC1(C)Cc2ccc(N3c4cc5c(cc4B4c6cc(C(C)(C)C)ccc6N(c6ccc(C(C)(C)C)cc6-c6ccccc6)c6cc(N7c8ccc([Si](C)(C)C)cc8C8(C)CCCCC78C)cc3c64)CC(C)(C)C5)cc2C1. The van der Waals surface area contributed by atoms with Crippen LogP contribution in [0.5, 0.6) is 0 Å². The van der Waals surface area contributed by atoms with E-state index in [2.05, 4.69) is 245 Å². The molecule has 3 aliphatic carbocycles. The van der Waals surface area contributed by atoms with Gasteiger partial charge in [0.1, 0.15) is 0 Å². The molecule has 2 unspecified atom stereocenters. The minimum atomic E-state index is -1.62. The minimum Gasteiger partial charge on any atom is -0.334 e. The standard InChI is InChI=1S/C71H82BN3Si/c1-66(2,3)50-24-28-59(55(36-50)45-21-17-16-18-22-45)74-61-29-25-51(67(4,5)6)37-58(61)72-57-34-48-43-69(9,10)44-49(48)35-62(57)73(52-26-23-46-41-68(7,8)42-47(46)33-52)63-38-53(39-64(74)65(63)72)75-60-30-27-54(76(13,14)15)40-56(60)70(11)31-19-20-32-71(70,75)12/h16-18,21-30,33-40H,19-20,31-32,41-44H2,1-15H3. The lowest BCUT2D eigenvalue weighted by Crippen LogP contribution is -2.62. The molecule has 13 rings (SSSR count). The molecule has 76 heavy (non-hydrogen) atoms. The van der Waals surface area contributed by atoms with Gasteiger partial charge in [-0.3, -0.25) is 0 Å². The Labute approximate surface area is 458 Å². The Kier molecular flexibility index (Phi) is 10.7. The maximum atomic E-state index is 2.88. The van der Waals surface area contributed by atoms with Crippen LogP contribution in [-0.2, 0) is 41.9 Å². The highest BCUT2D eigenvalue weighted by Gasteiger charge is 2.58. The summed E-state index contributed by atoms with van der Waals surface area (Å²) in [4.78, 5) is 8.37. The van der Waals surface area contributed by atoms with E-state index in [0.29, 0.717) is 0 Å². The predicted octanol–water partition coefficient (Wildman–Crippen LogP) is 16.6. The van der Waals surface area contributed by atoms with E-state index in [1.165, 1.54) is 126 Å². The first-order chi connectivity index (χ1) is 35.7. The van der Waals surface area contributed by atoms with Gasteiger partial charge in [0.05, 0.1) is 19.3 Å². The van der Waals surface area contributed by atoms with Gasteiger partial charge < -0.3 is 14.7 Å². The molecular weight excluding hydrogens is 934 g/mol. The Balaban J connectivity index is 1.18. The van der Waals surface area contributed by atoms with E-state index in [1.54, 1.807) is 10.8 Å². The van der Waals surface area contributed by atoms with Crippen molar-refractivity contribution in [1.82, 2.24) is 0 Å². The van der Waals surface area contributed by atoms with Crippen LogP contribution < -0.4 is 36.3 Å². The summed E-state index contributed by atoms with van der Waals surface area (Å²) in [6.45, 7) is 36.9. The Morgan fingerprint density at radius 3 is 1.72 bits per heavy atom. The zero-order valence-corrected chi connectivity index (χ0v) is 49.7. The summed E-state index contributed by atoms with van der Waals surface area (Å²) in [6, 6.07) is 52.2. The molecule has 0 bridgehead atoms. The predicted molar refractivity (Wildman–Crippen MR) is 331 cm³/mol. The van der Waals surface area contributed by atoms with E-state index < -0.39 is 8.07 Å². The van der Waals surface area contributed by atoms with Gasteiger partial charge in [-0.05, 0) is 183 Å². The number of benzene rings is 7. The molecule has 0 spiro atoms. The molecule has 0 N–H and O–H groups in total. The summed E-state index contributed by atoms with van der Waals surface area (Å²) in [7, 11) is -1.62. The third-order valence-electron chi connectivity index (χ3n) is 19.8. The first kappa shape index (κ1) is 49.8. The van der Waals surface area contributed by atoms with E-state index in [9.17, 15) is 0 Å². The van der Waals surface area contributed by atoms with Crippen LogP contribution in [0.15, 0.2) is 127 Å². The van der Waals surface area contributed by atoms with Crippen molar-refractivity contribution in [2.24, 2.45) is 10.8 Å². The zero-order chi connectivity index (χ0) is 53.4. The molecule has 1 fully saturated rings. The van der Waals surface area contributed by atoms with E-state index in [-0.39, 0.29) is 39.3 Å². The molecule has 0 aromatic heterocycles. The third-order valence-corrected chi connectivity index (χ3v) is 21.8. The number of anilines is 8. The lowest BCUT2D eigenvalue weighted by Gasteiger charge is -2.51. The normalized spacial score (nSPS) is 21.7. The average Bonchev–Trinajstić information content (AvgIpc) is 4.12. The third kappa shape index (κ3) is 7.54. The van der Waals surface area contributed by atoms with Crippen molar-refractivity contribution in [3.8, 4) is 11.1 Å². The number of hydrogen-bond acceptors (Lipinski definition) is 3. The van der Waals surface area contributed by atoms with Crippen LogP contribution >= 0.6 is 0 Å². The maximum Gasteiger partial charge on any atom is 0.252 e. The van der Waals surface area contributed by atoms with Crippen molar-refractivity contribution < 1.29 is 0 Å². The Morgan fingerprint density at radius 2 is 1.05 bits per heavy atom. The first-order valence-electron chi connectivity index (χ1n) is 29.1. The molecule has 0 radical (unpaired) electrons. The van der Waals surface area contributed by atoms with Gasteiger partial charge >= 0.3 is 0 Å². The van der Waals surface area contributed by atoms with Crippen LogP contribution in [0.2, 0.25) is 19.6 Å². The Morgan fingerprint density at radius 1 is 0.474 bits per heavy atom. The Bertz CT molecular complexity index is 3560. The van der Waals surface area contributed by atoms with Gasteiger partial charge in [0, 0.05) is 50.8 Å². The highest BCUT2D eigenvalue weighted by atomic mass is 28.3. The van der Waals surface area contributed by atoms with E-state index in [0.717, 1.165) is 32.1 Å². The molecule has 0 amide bonds.